The number of carbonyl (C=O) groups excluding carboxylic acids is 1. The number of fused-ring (bicyclic) bond motifs is 1. The van der Waals surface area contributed by atoms with Crippen molar-refractivity contribution in [2.24, 2.45) is 5.92 Å². The van der Waals surface area contributed by atoms with Crippen molar-refractivity contribution in [3.8, 4) is 0 Å². The minimum absolute atomic E-state index is 0.00549. The van der Waals surface area contributed by atoms with Crippen LogP contribution in [0.4, 0.5) is 5.82 Å². The van der Waals surface area contributed by atoms with E-state index in [9.17, 15) is 4.79 Å². The van der Waals surface area contributed by atoms with E-state index < -0.39 is 0 Å². The van der Waals surface area contributed by atoms with E-state index >= 15 is 0 Å². The molecule has 0 radical (unpaired) electrons. The van der Waals surface area contributed by atoms with Gasteiger partial charge in [-0.15, -0.1) is 0 Å². The summed E-state index contributed by atoms with van der Waals surface area (Å²) < 4.78 is 1.94. The Morgan fingerprint density at radius 1 is 1.21 bits per heavy atom. The lowest BCUT2D eigenvalue weighted by Crippen LogP contribution is -2.18. The largest absolute Gasteiger partial charge is 0.310 e. The molecule has 24 heavy (non-hydrogen) atoms. The topological polar surface area (TPSA) is 46.9 Å². The molecule has 0 bridgehead atoms. The molecule has 0 atom stereocenters. The highest BCUT2D eigenvalue weighted by atomic mass is 16.1. The van der Waals surface area contributed by atoms with E-state index in [4.69, 9.17) is 0 Å². The number of hydrogen-bond donors (Lipinski definition) is 1. The van der Waals surface area contributed by atoms with Gasteiger partial charge < -0.3 is 5.32 Å². The van der Waals surface area contributed by atoms with Crippen LogP contribution in [0.5, 0.6) is 0 Å². The van der Waals surface area contributed by atoms with Crippen LogP contribution < -0.4 is 5.32 Å². The van der Waals surface area contributed by atoms with E-state index in [1.165, 1.54) is 18.2 Å². The average Bonchev–Trinajstić information content (AvgIpc) is 3.34. The highest BCUT2D eigenvalue weighted by Gasteiger charge is 2.24. The summed E-state index contributed by atoms with van der Waals surface area (Å²) in [6.45, 7) is 2.89. The van der Waals surface area contributed by atoms with E-state index in [0.29, 0.717) is 6.42 Å². The monoisotopic (exact) mass is 319 g/mol. The Labute approximate surface area is 141 Å². The van der Waals surface area contributed by atoms with Gasteiger partial charge >= 0.3 is 0 Å². The third kappa shape index (κ3) is 3.18. The highest BCUT2D eigenvalue weighted by molar-refractivity contribution is 5.93. The quantitative estimate of drug-likeness (QED) is 0.774. The average molecular weight is 319 g/mol. The Morgan fingerprint density at radius 3 is 2.79 bits per heavy atom. The molecule has 0 spiro atoms. The maximum atomic E-state index is 12.5. The molecule has 1 N–H and O–H groups in total. The molecule has 1 aliphatic carbocycles. The van der Waals surface area contributed by atoms with Crippen molar-refractivity contribution in [2.45, 2.75) is 32.7 Å². The molecule has 1 aromatic heterocycles. The molecule has 0 unspecified atom stereocenters. The zero-order chi connectivity index (χ0) is 16.5. The van der Waals surface area contributed by atoms with Crippen molar-refractivity contribution < 1.29 is 4.79 Å². The second kappa shape index (κ2) is 6.11. The number of aromatic nitrogens is 2. The Bertz CT molecular complexity index is 893. The lowest BCUT2D eigenvalue weighted by molar-refractivity contribution is -0.115. The first-order valence-corrected chi connectivity index (χ1v) is 8.49. The molecule has 1 saturated carbocycles. The normalized spacial score (nSPS) is 14.0. The Balaban J connectivity index is 1.48. The van der Waals surface area contributed by atoms with E-state index in [0.717, 1.165) is 34.8 Å². The number of amides is 1. The van der Waals surface area contributed by atoms with Crippen LogP contribution in [0, 0.1) is 12.8 Å². The fourth-order valence-corrected chi connectivity index (χ4v) is 3.04. The SMILES string of the molecule is Cc1cnn(CC2CC2)c1NC(=O)Cc1ccc2ccccc2c1. The first-order chi connectivity index (χ1) is 11.7. The number of nitrogens with zero attached hydrogens (tertiary/aromatic N) is 2. The standard InChI is InChI=1S/C20H21N3O/c1-14-12-21-23(13-15-6-7-15)20(14)22-19(24)11-16-8-9-17-4-2-3-5-18(17)10-16/h2-5,8-10,12,15H,6-7,11,13H2,1H3,(H,22,24). The van der Waals surface area contributed by atoms with Crippen molar-refractivity contribution in [2.75, 3.05) is 5.32 Å². The minimum Gasteiger partial charge on any atom is -0.310 e. The van der Waals surface area contributed by atoms with Gasteiger partial charge in [0.25, 0.3) is 0 Å². The molecule has 1 heterocycles. The molecule has 3 aromatic rings. The third-order valence-corrected chi connectivity index (χ3v) is 4.59. The lowest BCUT2D eigenvalue weighted by atomic mass is 10.0. The van der Waals surface area contributed by atoms with Crippen LogP contribution in [0.1, 0.15) is 24.0 Å². The molecule has 122 valence electrons. The van der Waals surface area contributed by atoms with Gasteiger partial charge in [0.1, 0.15) is 5.82 Å². The predicted octanol–water partition coefficient (Wildman–Crippen LogP) is 3.94. The summed E-state index contributed by atoms with van der Waals surface area (Å²) >= 11 is 0. The van der Waals surface area contributed by atoms with Gasteiger partial charge in [0, 0.05) is 12.1 Å². The van der Waals surface area contributed by atoms with Crippen molar-refractivity contribution in [1.82, 2.24) is 9.78 Å². The van der Waals surface area contributed by atoms with E-state index in [2.05, 4.69) is 34.7 Å². The van der Waals surface area contributed by atoms with Gasteiger partial charge in [-0.25, -0.2) is 4.68 Å². The predicted molar refractivity (Wildman–Crippen MR) is 96.0 cm³/mol. The third-order valence-electron chi connectivity index (χ3n) is 4.59. The van der Waals surface area contributed by atoms with Crippen molar-refractivity contribution in [1.29, 1.82) is 0 Å². The molecule has 4 nitrogen and oxygen atoms in total. The van der Waals surface area contributed by atoms with Crippen LogP contribution in [0.2, 0.25) is 0 Å². The molecular weight excluding hydrogens is 298 g/mol. The zero-order valence-corrected chi connectivity index (χ0v) is 13.8. The second-order valence-corrected chi connectivity index (χ2v) is 6.71. The zero-order valence-electron chi connectivity index (χ0n) is 13.8. The molecule has 4 heteroatoms. The van der Waals surface area contributed by atoms with Crippen LogP contribution in [-0.2, 0) is 17.8 Å². The van der Waals surface area contributed by atoms with Gasteiger partial charge in [-0.1, -0.05) is 42.5 Å². The van der Waals surface area contributed by atoms with Crippen LogP contribution in [0.15, 0.2) is 48.7 Å². The van der Waals surface area contributed by atoms with Crippen molar-refractivity contribution in [3.05, 3.63) is 59.8 Å². The van der Waals surface area contributed by atoms with E-state index in [-0.39, 0.29) is 5.91 Å². The van der Waals surface area contributed by atoms with Gasteiger partial charge in [-0.3, -0.25) is 4.79 Å². The Morgan fingerprint density at radius 2 is 2.00 bits per heavy atom. The number of nitrogens with one attached hydrogen (secondary N) is 1. The summed E-state index contributed by atoms with van der Waals surface area (Å²) in [5.74, 6) is 1.57. The first kappa shape index (κ1) is 14.9. The Hall–Kier alpha value is -2.62. The molecule has 0 saturated heterocycles. The maximum absolute atomic E-state index is 12.5. The number of aryl methyl sites for hydroxylation is 1. The number of hydrogen-bond acceptors (Lipinski definition) is 2. The van der Waals surface area contributed by atoms with E-state index in [1.54, 1.807) is 0 Å². The van der Waals surface area contributed by atoms with Gasteiger partial charge in [0.05, 0.1) is 12.6 Å². The highest BCUT2D eigenvalue weighted by Crippen LogP contribution is 2.31. The van der Waals surface area contributed by atoms with Crippen LogP contribution in [-0.4, -0.2) is 15.7 Å². The van der Waals surface area contributed by atoms with Gasteiger partial charge in [0.15, 0.2) is 0 Å². The number of rotatable bonds is 5. The smallest absolute Gasteiger partial charge is 0.229 e. The molecule has 2 aromatic carbocycles. The van der Waals surface area contributed by atoms with Crippen molar-refractivity contribution >= 4 is 22.5 Å². The fraction of sp³-hybridized carbons (Fsp3) is 0.300. The van der Waals surface area contributed by atoms with Gasteiger partial charge in [-0.05, 0) is 42.0 Å². The molecular formula is C20H21N3O. The summed E-state index contributed by atoms with van der Waals surface area (Å²) in [5.41, 5.74) is 2.04. The lowest BCUT2D eigenvalue weighted by Gasteiger charge is -2.10. The number of benzene rings is 2. The first-order valence-electron chi connectivity index (χ1n) is 8.49. The summed E-state index contributed by atoms with van der Waals surface area (Å²) in [4.78, 5) is 12.5. The van der Waals surface area contributed by atoms with Crippen LogP contribution >= 0.6 is 0 Å². The minimum atomic E-state index is 0.00549. The number of anilines is 1. The Kier molecular flexibility index (Phi) is 3.81. The fourth-order valence-electron chi connectivity index (χ4n) is 3.04. The number of carbonyl (C=O) groups is 1. The second-order valence-electron chi connectivity index (χ2n) is 6.71. The molecule has 1 fully saturated rings. The van der Waals surface area contributed by atoms with E-state index in [1.807, 2.05) is 36.0 Å². The summed E-state index contributed by atoms with van der Waals surface area (Å²) in [6.07, 6.45) is 4.74. The van der Waals surface area contributed by atoms with Crippen LogP contribution in [0.3, 0.4) is 0 Å². The maximum Gasteiger partial charge on any atom is 0.229 e. The summed E-state index contributed by atoms with van der Waals surface area (Å²) in [7, 11) is 0. The summed E-state index contributed by atoms with van der Waals surface area (Å²) in [5, 5.41) is 9.81. The van der Waals surface area contributed by atoms with Gasteiger partial charge in [0.2, 0.25) is 5.91 Å². The summed E-state index contributed by atoms with van der Waals surface area (Å²) in [6, 6.07) is 14.4. The molecule has 0 aliphatic heterocycles. The van der Waals surface area contributed by atoms with Crippen molar-refractivity contribution in [3.63, 3.8) is 0 Å². The molecule has 1 amide bonds. The van der Waals surface area contributed by atoms with Gasteiger partial charge in [-0.2, -0.15) is 5.10 Å². The molecule has 4 rings (SSSR count). The molecule has 1 aliphatic rings. The van der Waals surface area contributed by atoms with Crippen LogP contribution in [0.25, 0.3) is 10.8 Å².